The zero-order valence-corrected chi connectivity index (χ0v) is 12.4. The molecular formula is C15H18ClNS. The summed E-state index contributed by atoms with van der Waals surface area (Å²) in [5.41, 5.74) is 3.67. The number of halogens is 1. The average molecular weight is 280 g/mol. The summed E-state index contributed by atoms with van der Waals surface area (Å²) in [6.07, 6.45) is 1.15. The zero-order valence-electron chi connectivity index (χ0n) is 10.8. The lowest BCUT2D eigenvalue weighted by atomic mass is 10.1. The Labute approximate surface area is 118 Å². The van der Waals surface area contributed by atoms with E-state index in [1.807, 2.05) is 0 Å². The van der Waals surface area contributed by atoms with E-state index in [9.17, 15) is 0 Å². The van der Waals surface area contributed by atoms with Gasteiger partial charge in [-0.3, -0.25) is 0 Å². The lowest BCUT2D eigenvalue weighted by molar-refractivity contribution is 0.675. The van der Waals surface area contributed by atoms with Crippen LogP contribution < -0.4 is 5.32 Å². The Kier molecular flexibility index (Phi) is 4.81. The van der Waals surface area contributed by atoms with E-state index < -0.39 is 0 Å². The van der Waals surface area contributed by atoms with Gasteiger partial charge in [0.05, 0.1) is 0 Å². The van der Waals surface area contributed by atoms with E-state index in [0.29, 0.717) is 0 Å². The Hall–Kier alpha value is -0.830. The number of benzene rings is 1. The fourth-order valence-corrected chi connectivity index (χ4v) is 3.23. The summed E-state index contributed by atoms with van der Waals surface area (Å²) in [6, 6.07) is 8.49. The van der Waals surface area contributed by atoms with Crippen LogP contribution in [0.15, 0.2) is 29.6 Å². The molecule has 0 aliphatic rings. The monoisotopic (exact) mass is 279 g/mol. The van der Waals surface area contributed by atoms with Crippen molar-refractivity contribution in [3.63, 3.8) is 0 Å². The van der Waals surface area contributed by atoms with E-state index in [-0.39, 0.29) is 0 Å². The Morgan fingerprint density at radius 1 is 1.28 bits per heavy atom. The molecule has 1 heterocycles. The van der Waals surface area contributed by atoms with E-state index in [0.717, 1.165) is 30.1 Å². The number of thiophene rings is 1. The number of aryl methyl sites for hydroxylation is 1. The van der Waals surface area contributed by atoms with Crippen LogP contribution >= 0.6 is 22.9 Å². The molecule has 2 aromatic rings. The summed E-state index contributed by atoms with van der Waals surface area (Å²) >= 11 is 8.13. The smallest absolute Gasteiger partial charge is 0.0495 e. The van der Waals surface area contributed by atoms with Crippen LogP contribution in [0.3, 0.4) is 0 Å². The van der Waals surface area contributed by atoms with Gasteiger partial charge in [-0.2, -0.15) is 0 Å². The summed E-state index contributed by atoms with van der Waals surface area (Å²) < 4.78 is 0. The van der Waals surface area contributed by atoms with Crippen molar-refractivity contribution in [1.82, 2.24) is 5.32 Å². The van der Waals surface area contributed by atoms with Gasteiger partial charge >= 0.3 is 0 Å². The molecule has 1 aromatic carbocycles. The second-order valence-corrected chi connectivity index (χ2v) is 5.75. The van der Waals surface area contributed by atoms with E-state index in [2.05, 4.69) is 48.8 Å². The van der Waals surface area contributed by atoms with Crippen molar-refractivity contribution in [2.45, 2.75) is 26.8 Å². The van der Waals surface area contributed by atoms with Gasteiger partial charge in [-0.05, 0) is 48.5 Å². The minimum atomic E-state index is 0.844. The van der Waals surface area contributed by atoms with Crippen molar-refractivity contribution >= 4 is 22.9 Å². The first kappa shape index (κ1) is 13.6. The molecule has 18 heavy (non-hydrogen) atoms. The van der Waals surface area contributed by atoms with E-state index in [1.165, 1.54) is 16.0 Å². The fraction of sp³-hybridized carbons (Fsp3) is 0.333. The molecule has 0 unspecified atom stereocenters. The highest BCUT2D eigenvalue weighted by Crippen LogP contribution is 2.34. The summed E-state index contributed by atoms with van der Waals surface area (Å²) in [5.74, 6) is 0. The largest absolute Gasteiger partial charge is 0.313 e. The molecule has 0 bridgehead atoms. The molecule has 1 aromatic heterocycles. The zero-order chi connectivity index (χ0) is 13.0. The van der Waals surface area contributed by atoms with Crippen LogP contribution in [0.4, 0.5) is 0 Å². The van der Waals surface area contributed by atoms with E-state index in [4.69, 9.17) is 11.6 Å². The van der Waals surface area contributed by atoms with Gasteiger partial charge in [-0.1, -0.05) is 30.7 Å². The van der Waals surface area contributed by atoms with Crippen molar-refractivity contribution in [2.75, 3.05) is 6.54 Å². The van der Waals surface area contributed by atoms with Crippen LogP contribution in [0, 0.1) is 6.92 Å². The molecule has 1 nitrogen and oxygen atoms in total. The molecular weight excluding hydrogens is 262 g/mol. The molecule has 0 spiro atoms. The van der Waals surface area contributed by atoms with Gasteiger partial charge in [0.1, 0.15) is 0 Å². The summed E-state index contributed by atoms with van der Waals surface area (Å²) in [4.78, 5) is 1.27. The third kappa shape index (κ3) is 3.14. The lowest BCUT2D eigenvalue weighted by Gasteiger charge is -2.08. The molecule has 3 heteroatoms. The minimum absolute atomic E-state index is 0.844. The van der Waals surface area contributed by atoms with E-state index in [1.54, 1.807) is 11.3 Å². The van der Waals surface area contributed by atoms with Gasteiger partial charge in [0.2, 0.25) is 0 Å². The normalized spacial score (nSPS) is 10.8. The number of hydrogen-bond donors (Lipinski definition) is 1. The second-order valence-electron chi connectivity index (χ2n) is 4.42. The maximum atomic E-state index is 6.38. The molecule has 0 fully saturated rings. The van der Waals surface area contributed by atoms with Crippen molar-refractivity contribution in [3.8, 4) is 10.4 Å². The molecule has 0 radical (unpaired) electrons. The van der Waals surface area contributed by atoms with Crippen LogP contribution in [0.1, 0.15) is 24.5 Å². The maximum absolute atomic E-state index is 6.38. The summed E-state index contributed by atoms with van der Waals surface area (Å²) in [6.45, 7) is 6.22. The number of hydrogen-bond acceptors (Lipinski definition) is 2. The predicted molar refractivity (Wildman–Crippen MR) is 81.5 cm³/mol. The van der Waals surface area contributed by atoms with Crippen molar-refractivity contribution in [2.24, 2.45) is 0 Å². The lowest BCUT2D eigenvalue weighted by Crippen LogP contribution is -2.13. The van der Waals surface area contributed by atoms with Gasteiger partial charge in [0.15, 0.2) is 0 Å². The van der Waals surface area contributed by atoms with Crippen molar-refractivity contribution in [1.29, 1.82) is 0 Å². The molecule has 0 aliphatic carbocycles. The van der Waals surface area contributed by atoms with Gasteiger partial charge in [0, 0.05) is 22.0 Å². The third-order valence-corrected chi connectivity index (χ3v) is 4.26. The number of rotatable bonds is 5. The number of nitrogens with one attached hydrogen (secondary N) is 1. The predicted octanol–water partition coefficient (Wildman–Crippen LogP) is 4.88. The van der Waals surface area contributed by atoms with Crippen molar-refractivity contribution < 1.29 is 0 Å². The van der Waals surface area contributed by atoms with Gasteiger partial charge in [-0.15, -0.1) is 11.3 Å². The Morgan fingerprint density at radius 2 is 2.11 bits per heavy atom. The average Bonchev–Trinajstić information content (AvgIpc) is 2.76. The van der Waals surface area contributed by atoms with Gasteiger partial charge in [-0.25, -0.2) is 0 Å². The Bertz CT molecular complexity index is 519. The highest BCUT2D eigenvalue weighted by Gasteiger charge is 2.08. The van der Waals surface area contributed by atoms with Crippen LogP contribution in [0.2, 0.25) is 5.02 Å². The van der Waals surface area contributed by atoms with Crippen LogP contribution in [0.5, 0.6) is 0 Å². The quantitative estimate of drug-likeness (QED) is 0.770. The fourth-order valence-electron chi connectivity index (χ4n) is 1.91. The molecule has 0 aliphatic heterocycles. The second kappa shape index (κ2) is 6.37. The summed E-state index contributed by atoms with van der Waals surface area (Å²) in [5, 5.41) is 6.34. The third-order valence-electron chi connectivity index (χ3n) is 2.90. The molecule has 0 amide bonds. The highest BCUT2D eigenvalue weighted by molar-refractivity contribution is 7.13. The maximum Gasteiger partial charge on any atom is 0.0495 e. The van der Waals surface area contributed by atoms with Crippen LogP contribution in [0.25, 0.3) is 10.4 Å². The topological polar surface area (TPSA) is 12.0 Å². The Balaban J connectivity index is 2.18. The van der Waals surface area contributed by atoms with Crippen LogP contribution in [-0.2, 0) is 6.54 Å². The van der Waals surface area contributed by atoms with E-state index >= 15 is 0 Å². The molecule has 0 saturated carbocycles. The highest BCUT2D eigenvalue weighted by atomic mass is 35.5. The first-order chi connectivity index (χ1) is 8.72. The molecule has 1 N–H and O–H groups in total. The molecule has 96 valence electrons. The van der Waals surface area contributed by atoms with Gasteiger partial charge < -0.3 is 5.32 Å². The molecule has 0 saturated heterocycles. The SMILES string of the molecule is CCCNCc1ccc(-c2sccc2C)c(Cl)c1. The standard InChI is InChI=1S/C15H18ClNS/c1-3-7-17-10-12-4-5-13(14(16)9-12)15-11(2)6-8-18-15/h4-6,8-9,17H,3,7,10H2,1-2H3. The first-order valence-electron chi connectivity index (χ1n) is 6.26. The first-order valence-corrected chi connectivity index (χ1v) is 7.51. The van der Waals surface area contributed by atoms with Gasteiger partial charge in [0.25, 0.3) is 0 Å². The minimum Gasteiger partial charge on any atom is -0.313 e. The Morgan fingerprint density at radius 3 is 2.72 bits per heavy atom. The van der Waals surface area contributed by atoms with Crippen LogP contribution in [-0.4, -0.2) is 6.54 Å². The van der Waals surface area contributed by atoms with Crippen molar-refractivity contribution in [3.05, 3.63) is 45.8 Å². The molecule has 0 atom stereocenters. The summed E-state index contributed by atoms with van der Waals surface area (Å²) in [7, 11) is 0. The molecule has 2 rings (SSSR count).